The number of halogens is 2. The van der Waals surface area contributed by atoms with Gasteiger partial charge in [-0.05, 0) is 24.0 Å². The molecule has 0 radical (unpaired) electrons. The minimum absolute atomic E-state index is 0.305. The average molecular weight is 311 g/mol. The van der Waals surface area contributed by atoms with Crippen LogP contribution in [0, 0.1) is 17.0 Å². The van der Waals surface area contributed by atoms with E-state index in [1.165, 1.54) is 6.07 Å². The lowest BCUT2D eigenvalue weighted by Gasteiger charge is -2.23. The van der Waals surface area contributed by atoms with Crippen molar-refractivity contribution in [3.8, 4) is 5.75 Å². The van der Waals surface area contributed by atoms with E-state index in [1.54, 1.807) is 7.05 Å². The van der Waals surface area contributed by atoms with Gasteiger partial charge < -0.3 is 15.0 Å². The number of hydrogen-bond acceptors (Lipinski definition) is 2. The molecule has 1 aromatic carbocycles. The highest BCUT2D eigenvalue weighted by atomic mass is 19.2. The third-order valence-electron chi connectivity index (χ3n) is 3.73. The third kappa shape index (κ3) is 4.32. The monoisotopic (exact) mass is 311 g/mol. The molecule has 0 spiro atoms. The molecule has 1 N–H and O–H groups in total. The van der Waals surface area contributed by atoms with Crippen molar-refractivity contribution in [1.82, 2.24) is 10.2 Å². The predicted molar refractivity (Wildman–Crippen MR) is 83.2 cm³/mol. The third-order valence-corrected chi connectivity index (χ3v) is 3.73. The topological polar surface area (TPSA) is 36.9 Å². The van der Waals surface area contributed by atoms with Gasteiger partial charge in [-0.2, -0.15) is 0 Å². The van der Waals surface area contributed by atoms with Gasteiger partial charge in [-0.25, -0.2) is 8.78 Å². The second kappa shape index (κ2) is 6.94. The highest BCUT2D eigenvalue weighted by Gasteiger charge is 2.30. The number of hydrogen-bond donors (Lipinski definition) is 1. The first-order valence-corrected chi connectivity index (χ1v) is 7.45. The fourth-order valence-corrected chi connectivity index (χ4v) is 2.52. The van der Waals surface area contributed by atoms with E-state index in [0.717, 1.165) is 37.6 Å². The SMILES string of the molecule is CN=C(NCCOc1ccc(F)c(F)c1)N1CCC(C)(C)C1. The summed E-state index contributed by atoms with van der Waals surface area (Å²) in [7, 11) is 1.75. The van der Waals surface area contributed by atoms with Crippen LogP contribution < -0.4 is 10.1 Å². The van der Waals surface area contributed by atoms with Crippen molar-refractivity contribution in [3.63, 3.8) is 0 Å². The maximum atomic E-state index is 13.1. The summed E-state index contributed by atoms with van der Waals surface area (Å²) in [4.78, 5) is 6.49. The molecule has 6 heteroatoms. The van der Waals surface area contributed by atoms with E-state index in [0.29, 0.717) is 24.3 Å². The molecule has 22 heavy (non-hydrogen) atoms. The molecule has 1 fully saturated rings. The van der Waals surface area contributed by atoms with Gasteiger partial charge in [0.1, 0.15) is 12.4 Å². The molecular formula is C16H23F2N3O. The number of likely N-dealkylation sites (tertiary alicyclic amines) is 1. The fourth-order valence-electron chi connectivity index (χ4n) is 2.52. The smallest absolute Gasteiger partial charge is 0.193 e. The van der Waals surface area contributed by atoms with Gasteiger partial charge >= 0.3 is 0 Å². The van der Waals surface area contributed by atoms with Gasteiger partial charge in [0.25, 0.3) is 0 Å². The maximum absolute atomic E-state index is 13.1. The number of ether oxygens (including phenoxy) is 1. The van der Waals surface area contributed by atoms with Crippen LogP contribution in [0.15, 0.2) is 23.2 Å². The molecule has 1 aliphatic rings. The first-order valence-electron chi connectivity index (χ1n) is 7.45. The Labute approximate surface area is 130 Å². The molecule has 0 aliphatic carbocycles. The van der Waals surface area contributed by atoms with Crippen molar-refractivity contribution in [2.24, 2.45) is 10.4 Å². The lowest BCUT2D eigenvalue weighted by atomic mass is 9.93. The Morgan fingerprint density at radius 1 is 1.36 bits per heavy atom. The molecule has 0 bridgehead atoms. The molecule has 1 saturated heterocycles. The Morgan fingerprint density at radius 3 is 2.73 bits per heavy atom. The van der Waals surface area contributed by atoms with Crippen LogP contribution in [-0.4, -0.2) is 44.1 Å². The van der Waals surface area contributed by atoms with E-state index in [9.17, 15) is 8.78 Å². The zero-order valence-electron chi connectivity index (χ0n) is 13.3. The summed E-state index contributed by atoms with van der Waals surface area (Å²) in [5.74, 6) is -0.611. The summed E-state index contributed by atoms with van der Waals surface area (Å²) in [5, 5.41) is 3.23. The lowest BCUT2D eigenvalue weighted by molar-refractivity contribution is 0.314. The summed E-state index contributed by atoms with van der Waals surface area (Å²) < 4.78 is 31.3. The second-order valence-electron chi connectivity index (χ2n) is 6.23. The minimum atomic E-state index is -0.902. The summed E-state index contributed by atoms with van der Waals surface area (Å²) in [6, 6.07) is 3.52. The van der Waals surface area contributed by atoms with E-state index in [4.69, 9.17) is 4.74 Å². The van der Waals surface area contributed by atoms with Crippen LogP contribution in [0.5, 0.6) is 5.75 Å². The number of aliphatic imine (C=N–C) groups is 1. The van der Waals surface area contributed by atoms with Crippen LogP contribution in [0.25, 0.3) is 0 Å². The van der Waals surface area contributed by atoms with E-state index in [2.05, 4.69) is 29.1 Å². The van der Waals surface area contributed by atoms with Gasteiger partial charge in [-0.15, -0.1) is 0 Å². The lowest BCUT2D eigenvalue weighted by Crippen LogP contribution is -2.42. The Bertz CT molecular complexity index is 546. The number of nitrogens with one attached hydrogen (secondary N) is 1. The van der Waals surface area contributed by atoms with Gasteiger partial charge in [-0.3, -0.25) is 4.99 Å². The Morgan fingerprint density at radius 2 is 2.14 bits per heavy atom. The van der Waals surface area contributed by atoms with E-state index < -0.39 is 11.6 Å². The molecule has 0 saturated carbocycles. The molecule has 2 rings (SSSR count). The van der Waals surface area contributed by atoms with Crippen molar-refractivity contribution in [1.29, 1.82) is 0 Å². The van der Waals surface area contributed by atoms with Crippen LogP contribution >= 0.6 is 0 Å². The van der Waals surface area contributed by atoms with Gasteiger partial charge in [0.05, 0.1) is 6.54 Å². The van der Waals surface area contributed by atoms with E-state index in [1.807, 2.05) is 0 Å². The molecule has 1 heterocycles. The van der Waals surface area contributed by atoms with Crippen molar-refractivity contribution in [2.75, 3.05) is 33.3 Å². The Kier molecular flexibility index (Phi) is 5.21. The number of guanidine groups is 1. The highest BCUT2D eigenvalue weighted by molar-refractivity contribution is 5.80. The molecule has 0 unspecified atom stereocenters. The molecule has 0 amide bonds. The molecule has 1 aromatic rings. The highest BCUT2D eigenvalue weighted by Crippen LogP contribution is 2.28. The van der Waals surface area contributed by atoms with Crippen LogP contribution in [0.1, 0.15) is 20.3 Å². The maximum Gasteiger partial charge on any atom is 0.193 e. The molecule has 4 nitrogen and oxygen atoms in total. The Hall–Kier alpha value is -1.85. The zero-order valence-corrected chi connectivity index (χ0v) is 13.3. The minimum Gasteiger partial charge on any atom is -0.492 e. The van der Waals surface area contributed by atoms with Crippen LogP contribution in [0.4, 0.5) is 8.78 Å². The molecule has 0 aromatic heterocycles. The van der Waals surface area contributed by atoms with Crippen molar-refractivity contribution >= 4 is 5.96 Å². The van der Waals surface area contributed by atoms with E-state index in [-0.39, 0.29) is 0 Å². The van der Waals surface area contributed by atoms with Crippen molar-refractivity contribution in [3.05, 3.63) is 29.8 Å². The molecule has 0 atom stereocenters. The normalized spacial score (nSPS) is 17.7. The number of benzene rings is 1. The fraction of sp³-hybridized carbons (Fsp3) is 0.562. The van der Waals surface area contributed by atoms with Crippen molar-refractivity contribution < 1.29 is 13.5 Å². The number of rotatable bonds is 4. The molecule has 122 valence electrons. The second-order valence-corrected chi connectivity index (χ2v) is 6.23. The first kappa shape index (κ1) is 16.5. The quantitative estimate of drug-likeness (QED) is 0.528. The standard InChI is InChI=1S/C16H23F2N3O/c1-16(2)6-8-21(11-16)15(19-3)20-7-9-22-12-4-5-13(17)14(18)10-12/h4-5,10H,6-9,11H2,1-3H3,(H,19,20). The molecule has 1 aliphatic heterocycles. The summed E-state index contributed by atoms with van der Waals surface area (Å²) in [6.07, 6.45) is 1.14. The van der Waals surface area contributed by atoms with Crippen LogP contribution in [-0.2, 0) is 0 Å². The first-order chi connectivity index (χ1) is 10.4. The van der Waals surface area contributed by atoms with Gasteiger partial charge in [0.15, 0.2) is 17.6 Å². The van der Waals surface area contributed by atoms with Crippen LogP contribution in [0.2, 0.25) is 0 Å². The average Bonchev–Trinajstić information content (AvgIpc) is 2.83. The van der Waals surface area contributed by atoms with Gasteiger partial charge in [0, 0.05) is 26.2 Å². The van der Waals surface area contributed by atoms with Crippen LogP contribution in [0.3, 0.4) is 0 Å². The summed E-state index contributed by atoms with van der Waals surface area (Å²) in [6.45, 7) is 7.33. The van der Waals surface area contributed by atoms with E-state index >= 15 is 0 Å². The van der Waals surface area contributed by atoms with Gasteiger partial charge in [0.2, 0.25) is 0 Å². The summed E-state index contributed by atoms with van der Waals surface area (Å²) in [5.41, 5.74) is 0.305. The van der Waals surface area contributed by atoms with Crippen molar-refractivity contribution in [2.45, 2.75) is 20.3 Å². The largest absolute Gasteiger partial charge is 0.492 e. The molecular weight excluding hydrogens is 288 g/mol. The number of nitrogens with zero attached hydrogens (tertiary/aromatic N) is 2. The Balaban J connectivity index is 1.76. The predicted octanol–water partition coefficient (Wildman–Crippen LogP) is 2.65. The zero-order chi connectivity index (χ0) is 16.2. The van der Waals surface area contributed by atoms with Gasteiger partial charge in [-0.1, -0.05) is 13.8 Å². The summed E-state index contributed by atoms with van der Waals surface area (Å²) >= 11 is 0.